The Kier molecular flexibility index (Phi) is 2.69. The van der Waals surface area contributed by atoms with Gasteiger partial charge in [0, 0.05) is 6.61 Å². The van der Waals surface area contributed by atoms with E-state index in [0.29, 0.717) is 12.8 Å². The first-order chi connectivity index (χ1) is 5.61. The average molecular weight is 173 g/mol. The first-order valence-electron chi connectivity index (χ1n) is 4.24. The summed E-state index contributed by atoms with van der Waals surface area (Å²) >= 11 is 0. The Hall–Kier alpha value is -0.610. The molecular weight excluding hydrogens is 158 g/mol. The molecule has 1 rings (SSSR count). The van der Waals surface area contributed by atoms with E-state index in [-0.39, 0.29) is 12.5 Å². The zero-order valence-electron chi connectivity index (χ0n) is 6.99. The Labute approximate surface area is 71.4 Å². The standard InChI is InChI=1S/C8H15NO3/c9-8(7(11)12)4-1-2-6(8)3-5-10/h6,10H,1-5,9H2,(H,11,12). The van der Waals surface area contributed by atoms with Crippen molar-refractivity contribution >= 4 is 5.97 Å². The summed E-state index contributed by atoms with van der Waals surface area (Å²) in [6.07, 6.45) is 2.71. The highest BCUT2D eigenvalue weighted by Crippen LogP contribution is 2.35. The Morgan fingerprint density at radius 2 is 2.33 bits per heavy atom. The number of nitrogens with two attached hydrogens (primary N) is 1. The number of carboxylic acids is 1. The number of carbonyl (C=O) groups is 1. The highest BCUT2D eigenvalue weighted by atomic mass is 16.4. The SMILES string of the molecule is NC1(C(=O)O)CCCC1CCO. The maximum Gasteiger partial charge on any atom is 0.323 e. The van der Waals surface area contributed by atoms with E-state index >= 15 is 0 Å². The van der Waals surface area contributed by atoms with Gasteiger partial charge in [0.05, 0.1) is 0 Å². The van der Waals surface area contributed by atoms with Gasteiger partial charge in [0.15, 0.2) is 0 Å². The molecule has 0 radical (unpaired) electrons. The molecule has 0 aliphatic heterocycles. The predicted octanol–water partition coefficient (Wildman–Crippen LogP) is -0.0490. The van der Waals surface area contributed by atoms with E-state index in [2.05, 4.69) is 0 Å². The van der Waals surface area contributed by atoms with E-state index < -0.39 is 11.5 Å². The van der Waals surface area contributed by atoms with Crippen molar-refractivity contribution in [1.82, 2.24) is 0 Å². The van der Waals surface area contributed by atoms with E-state index in [0.717, 1.165) is 12.8 Å². The number of hydrogen-bond acceptors (Lipinski definition) is 3. The fourth-order valence-corrected chi connectivity index (χ4v) is 1.94. The van der Waals surface area contributed by atoms with Gasteiger partial charge in [-0.05, 0) is 25.2 Å². The molecule has 1 saturated carbocycles. The van der Waals surface area contributed by atoms with Crippen molar-refractivity contribution in [3.63, 3.8) is 0 Å². The highest BCUT2D eigenvalue weighted by Gasteiger charge is 2.45. The Morgan fingerprint density at radius 3 is 2.83 bits per heavy atom. The van der Waals surface area contributed by atoms with Gasteiger partial charge in [0.25, 0.3) is 0 Å². The van der Waals surface area contributed by atoms with E-state index in [1.807, 2.05) is 0 Å². The molecule has 0 amide bonds. The second-order valence-corrected chi connectivity index (χ2v) is 3.45. The summed E-state index contributed by atoms with van der Waals surface area (Å²) in [6.45, 7) is 0.0247. The molecule has 0 aromatic rings. The molecule has 1 aliphatic rings. The van der Waals surface area contributed by atoms with Crippen LogP contribution in [0.2, 0.25) is 0 Å². The number of carboxylic acid groups (broad SMARTS) is 1. The number of rotatable bonds is 3. The van der Waals surface area contributed by atoms with E-state index in [4.69, 9.17) is 15.9 Å². The van der Waals surface area contributed by atoms with Crippen molar-refractivity contribution in [2.75, 3.05) is 6.61 Å². The van der Waals surface area contributed by atoms with Crippen molar-refractivity contribution < 1.29 is 15.0 Å². The van der Waals surface area contributed by atoms with E-state index in [1.54, 1.807) is 0 Å². The number of aliphatic hydroxyl groups excluding tert-OH is 1. The molecule has 0 saturated heterocycles. The summed E-state index contributed by atoms with van der Waals surface area (Å²) in [4.78, 5) is 10.8. The third-order valence-corrected chi connectivity index (χ3v) is 2.75. The lowest BCUT2D eigenvalue weighted by atomic mass is 9.86. The van der Waals surface area contributed by atoms with Gasteiger partial charge in [-0.1, -0.05) is 6.42 Å². The summed E-state index contributed by atoms with van der Waals surface area (Å²) in [5.41, 5.74) is 4.64. The second-order valence-electron chi connectivity index (χ2n) is 3.45. The molecule has 0 spiro atoms. The van der Waals surface area contributed by atoms with E-state index in [1.165, 1.54) is 0 Å². The zero-order chi connectivity index (χ0) is 9.19. The van der Waals surface area contributed by atoms with Crippen LogP contribution in [0.3, 0.4) is 0 Å². The van der Waals surface area contributed by atoms with E-state index in [9.17, 15) is 4.79 Å². The molecule has 0 heterocycles. The van der Waals surface area contributed by atoms with Crippen molar-refractivity contribution in [2.45, 2.75) is 31.2 Å². The summed E-state index contributed by atoms with van der Waals surface area (Å²) in [7, 11) is 0. The topological polar surface area (TPSA) is 83.6 Å². The van der Waals surface area contributed by atoms with Crippen LogP contribution in [0.25, 0.3) is 0 Å². The smallest absolute Gasteiger partial charge is 0.323 e. The molecule has 4 N–H and O–H groups in total. The van der Waals surface area contributed by atoms with Gasteiger partial charge in [-0.2, -0.15) is 0 Å². The molecule has 1 aliphatic carbocycles. The third kappa shape index (κ3) is 1.44. The van der Waals surface area contributed by atoms with Crippen LogP contribution in [0.5, 0.6) is 0 Å². The van der Waals surface area contributed by atoms with Gasteiger partial charge in [0.2, 0.25) is 0 Å². The molecule has 12 heavy (non-hydrogen) atoms. The van der Waals surface area contributed by atoms with Gasteiger partial charge in [0.1, 0.15) is 5.54 Å². The van der Waals surface area contributed by atoms with Crippen LogP contribution in [-0.2, 0) is 4.79 Å². The number of aliphatic hydroxyl groups is 1. The zero-order valence-corrected chi connectivity index (χ0v) is 6.99. The quantitative estimate of drug-likeness (QED) is 0.558. The van der Waals surface area contributed by atoms with Gasteiger partial charge >= 0.3 is 5.97 Å². The minimum atomic E-state index is -1.08. The van der Waals surface area contributed by atoms with Crippen molar-refractivity contribution in [3.05, 3.63) is 0 Å². The maximum absolute atomic E-state index is 10.8. The Morgan fingerprint density at radius 1 is 1.67 bits per heavy atom. The average Bonchev–Trinajstić information content (AvgIpc) is 2.35. The van der Waals surface area contributed by atoms with Crippen LogP contribution >= 0.6 is 0 Å². The van der Waals surface area contributed by atoms with Crippen molar-refractivity contribution in [1.29, 1.82) is 0 Å². The van der Waals surface area contributed by atoms with Crippen LogP contribution in [0.4, 0.5) is 0 Å². The summed E-state index contributed by atoms with van der Waals surface area (Å²) in [5, 5.41) is 17.6. The molecule has 0 aromatic heterocycles. The predicted molar refractivity (Wildman–Crippen MR) is 43.6 cm³/mol. The molecular formula is C8H15NO3. The molecule has 4 nitrogen and oxygen atoms in total. The first kappa shape index (κ1) is 9.48. The molecule has 2 atom stereocenters. The molecule has 0 aromatic carbocycles. The summed E-state index contributed by atoms with van der Waals surface area (Å²) in [6, 6.07) is 0. The van der Waals surface area contributed by atoms with Gasteiger partial charge in [-0.25, -0.2) is 0 Å². The lowest BCUT2D eigenvalue weighted by Gasteiger charge is -2.25. The second kappa shape index (κ2) is 3.41. The Bertz CT molecular complexity index is 183. The van der Waals surface area contributed by atoms with Gasteiger partial charge < -0.3 is 15.9 Å². The summed E-state index contributed by atoms with van der Waals surface area (Å²) < 4.78 is 0. The fraction of sp³-hybridized carbons (Fsp3) is 0.875. The van der Waals surface area contributed by atoms with Crippen molar-refractivity contribution in [3.8, 4) is 0 Å². The van der Waals surface area contributed by atoms with Crippen LogP contribution in [0.15, 0.2) is 0 Å². The first-order valence-corrected chi connectivity index (χ1v) is 4.24. The fourth-order valence-electron chi connectivity index (χ4n) is 1.94. The molecule has 0 bridgehead atoms. The van der Waals surface area contributed by atoms with Crippen LogP contribution in [0, 0.1) is 5.92 Å². The normalized spacial score (nSPS) is 35.3. The minimum absolute atomic E-state index is 0.0247. The van der Waals surface area contributed by atoms with Gasteiger partial charge in [-0.3, -0.25) is 4.79 Å². The molecule has 4 heteroatoms. The monoisotopic (exact) mass is 173 g/mol. The molecule has 70 valence electrons. The third-order valence-electron chi connectivity index (χ3n) is 2.75. The van der Waals surface area contributed by atoms with Gasteiger partial charge in [-0.15, -0.1) is 0 Å². The summed E-state index contributed by atoms with van der Waals surface area (Å²) in [5.74, 6) is -0.988. The van der Waals surface area contributed by atoms with Crippen molar-refractivity contribution in [2.24, 2.45) is 11.7 Å². The Balaban J connectivity index is 2.67. The largest absolute Gasteiger partial charge is 0.480 e. The maximum atomic E-state index is 10.8. The molecule has 1 fully saturated rings. The molecule has 2 unspecified atom stereocenters. The lowest BCUT2D eigenvalue weighted by molar-refractivity contribution is -0.144. The minimum Gasteiger partial charge on any atom is -0.480 e. The lowest BCUT2D eigenvalue weighted by Crippen LogP contribution is -2.51. The van der Waals surface area contributed by atoms with Crippen LogP contribution in [-0.4, -0.2) is 28.3 Å². The highest BCUT2D eigenvalue weighted by molar-refractivity contribution is 5.79. The number of hydrogen-bond donors (Lipinski definition) is 3. The van der Waals surface area contributed by atoms with Crippen LogP contribution in [0.1, 0.15) is 25.7 Å². The number of aliphatic carboxylic acids is 1. The van der Waals surface area contributed by atoms with Crippen LogP contribution < -0.4 is 5.73 Å².